The van der Waals surface area contributed by atoms with Gasteiger partial charge in [0.25, 0.3) is 0 Å². The number of nitrogens with zero attached hydrogens (tertiary/aromatic N) is 2. The first-order valence-electron chi connectivity index (χ1n) is 7.68. The van der Waals surface area contributed by atoms with Crippen molar-refractivity contribution >= 4 is 26.4 Å². The topological polar surface area (TPSA) is 86.0 Å². The zero-order valence-electron chi connectivity index (χ0n) is 13.9. The number of aryl methyl sites for hydroxylation is 2. The Morgan fingerprint density at radius 3 is 2.83 bits per heavy atom. The normalized spacial score (nSPS) is 26.8. The van der Waals surface area contributed by atoms with Crippen molar-refractivity contribution in [3.05, 3.63) is 29.6 Å². The molecular formula is C15H21BN2O5P+. The van der Waals surface area contributed by atoms with Gasteiger partial charge in [-0.25, -0.2) is 9.88 Å². The number of hydrogen-bond donors (Lipinski definition) is 2. The first kappa shape index (κ1) is 17.8. The highest BCUT2D eigenvalue weighted by molar-refractivity contribution is 7.85. The van der Waals surface area contributed by atoms with E-state index in [2.05, 4.69) is 4.98 Å². The largest absolute Gasteiger partial charge is 0.488 e. The summed E-state index contributed by atoms with van der Waals surface area (Å²) in [6, 6.07) is 4.05. The molecule has 2 radical (unpaired) electrons. The summed E-state index contributed by atoms with van der Waals surface area (Å²) in [6.45, 7) is 4.12. The predicted octanol–water partition coefficient (Wildman–Crippen LogP) is 1.80. The zero-order valence-corrected chi connectivity index (χ0v) is 14.8. The average molecular weight is 351 g/mol. The molecule has 2 heterocycles. The molecule has 1 fully saturated rings. The molecule has 9 heteroatoms. The van der Waals surface area contributed by atoms with E-state index in [1.165, 1.54) is 7.11 Å². The van der Waals surface area contributed by atoms with E-state index in [1.54, 1.807) is 6.33 Å². The lowest BCUT2D eigenvalue weighted by Gasteiger charge is -2.18. The molecule has 1 aliphatic heterocycles. The highest BCUT2D eigenvalue weighted by Crippen LogP contribution is 2.51. The number of fused-ring (bicyclic) bond motifs is 1. The summed E-state index contributed by atoms with van der Waals surface area (Å²) >= 11 is 0. The number of aromatic nitrogens is 2. The van der Waals surface area contributed by atoms with Gasteiger partial charge in [-0.15, -0.1) is 0 Å². The molecule has 4 atom stereocenters. The Bertz CT molecular complexity index is 738. The van der Waals surface area contributed by atoms with Crippen LogP contribution in [0, 0.1) is 13.8 Å². The summed E-state index contributed by atoms with van der Waals surface area (Å²) in [5.74, 6) is 0. The second-order valence-corrected chi connectivity index (χ2v) is 7.82. The van der Waals surface area contributed by atoms with Gasteiger partial charge in [0.15, 0.2) is 6.23 Å². The fourth-order valence-corrected chi connectivity index (χ4v) is 3.30. The fraction of sp³-hybridized carbons (Fsp3) is 0.533. The Hall–Kier alpha value is -1.02. The summed E-state index contributed by atoms with van der Waals surface area (Å²) in [4.78, 5) is 14.0. The molecular weight excluding hydrogens is 330 g/mol. The third-order valence-electron chi connectivity index (χ3n) is 4.34. The first-order chi connectivity index (χ1) is 11.3. The molecule has 7 nitrogen and oxygen atoms in total. The van der Waals surface area contributed by atoms with Crippen LogP contribution in [0.25, 0.3) is 11.0 Å². The molecule has 1 saturated heterocycles. The second kappa shape index (κ2) is 6.71. The number of imidazole rings is 1. The number of aliphatic hydroxyl groups is 1. The third kappa shape index (κ3) is 3.49. The van der Waals surface area contributed by atoms with Gasteiger partial charge >= 0.3 is 15.4 Å². The standard InChI is InChI=1S/C15H21BN2O5P/c1-9-4-12-13(5-10(9)2)18(8-17-12)15-14(19)6-11(23-15)7-22-24(16,20)21-3/h4-5,8,11,14-15,19-20H,6-7H2,1-3H3/q+1/t11-,14-,15+,24?/m0/s1. The van der Waals surface area contributed by atoms with Crippen LogP contribution in [0.3, 0.4) is 0 Å². The lowest BCUT2D eigenvalue weighted by molar-refractivity contribution is -0.0470. The summed E-state index contributed by atoms with van der Waals surface area (Å²) in [5, 5.41) is 10.4. The van der Waals surface area contributed by atoms with Crippen molar-refractivity contribution < 1.29 is 23.8 Å². The van der Waals surface area contributed by atoms with E-state index < -0.39 is 20.2 Å². The van der Waals surface area contributed by atoms with Gasteiger partial charge in [0.05, 0.1) is 30.6 Å². The van der Waals surface area contributed by atoms with Gasteiger partial charge in [-0.1, -0.05) is 0 Å². The van der Waals surface area contributed by atoms with Crippen LogP contribution in [0.2, 0.25) is 0 Å². The highest BCUT2D eigenvalue weighted by Gasteiger charge is 2.40. The molecule has 0 bridgehead atoms. The lowest BCUT2D eigenvalue weighted by atomic mass is 10.1. The molecule has 0 spiro atoms. The molecule has 128 valence electrons. The van der Waals surface area contributed by atoms with Crippen molar-refractivity contribution in [2.24, 2.45) is 0 Å². The van der Waals surface area contributed by atoms with Crippen LogP contribution >= 0.6 is 7.82 Å². The van der Waals surface area contributed by atoms with E-state index in [4.69, 9.17) is 21.4 Å². The molecule has 1 aliphatic rings. The van der Waals surface area contributed by atoms with Crippen LogP contribution in [0.4, 0.5) is 0 Å². The quantitative estimate of drug-likeness (QED) is 0.631. The van der Waals surface area contributed by atoms with Crippen LogP contribution < -0.4 is 0 Å². The molecule has 1 aromatic heterocycles. The summed E-state index contributed by atoms with van der Waals surface area (Å²) < 4.78 is 17.6. The maximum Gasteiger partial charge on any atom is 0.488 e. The zero-order chi connectivity index (χ0) is 17.5. The molecule has 0 aliphatic carbocycles. The SMILES string of the molecule is [B][P+](O)(OC)OC[C@@H]1C[C@H](O)[C@H](n2cnc3cc(C)c(C)cc32)O1. The molecule has 0 amide bonds. The van der Waals surface area contributed by atoms with Crippen molar-refractivity contribution in [3.8, 4) is 0 Å². The summed E-state index contributed by atoms with van der Waals surface area (Å²) in [6.07, 6.45) is 0.391. The van der Waals surface area contributed by atoms with Gasteiger partial charge < -0.3 is 14.4 Å². The van der Waals surface area contributed by atoms with Crippen molar-refractivity contribution in [1.82, 2.24) is 9.55 Å². The molecule has 2 aromatic rings. The molecule has 1 unspecified atom stereocenters. The van der Waals surface area contributed by atoms with E-state index in [-0.39, 0.29) is 12.7 Å². The maximum atomic E-state index is 10.4. The van der Waals surface area contributed by atoms with E-state index in [1.807, 2.05) is 30.5 Å². The Balaban J connectivity index is 1.77. The van der Waals surface area contributed by atoms with E-state index >= 15 is 0 Å². The summed E-state index contributed by atoms with van der Waals surface area (Å²) in [7, 11) is 3.43. The van der Waals surface area contributed by atoms with Crippen LogP contribution in [0.5, 0.6) is 0 Å². The van der Waals surface area contributed by atoms with Gasteiger partial charge in [-0.3, -0.25) is 0 Å². The average Bonchev–Trinajstić information content (AvgIpc) is 3.09. The lowest BCUT2D eigenvalue weighted by Crippen LogP contribution is -2.19. The number of rotatable bonds is 5. The number of ether oxygens (including phenoxy) is 1. The van der Waals surface area contributed by atoms with Crippen molar-refractivity contribution in [2.75, 3.05) is 13.7 Å². The monoisotopic (exact) mass is 351 g/mol. The number of aliphatic hydroxyl groups excluding tert-OH is 1. The van der Waals surface area contributed by atoms with E-state index in [9.17, 15) is 10.00 Å². The third-order valence-corrected chi connectivity index (χ3v) is 5.38. The van der Waals surface area contributed by atoms with Gasteiger partial charge in [-0.05, 0) is 37.1 Å². The van der Waals surface area contributed by atoms with Gasteiger partial charge in [0, 0.05) is 6.42 Å². The van der Waals surface area contributed by atoms with Gasteiger partial charge in [-0.2, -0.15) is 9.05 Å². The van der Waals surface area contributed by atoms with Crippen LogP contribution in [-0.4, -0.2) is 53.0 Å². The van der Waals surface area contributed by atoms with Crippen molar-refractivity contribution in [2.45, 2.75) is 38.7 Å². The predicted molar refractivity (Wildman–Crippen MR) is 91.6 cm³/mol. The number of hydrogen-bond acceptors (Lipinski definition) is 6. The minimum atomic E-state index is -3.31. The maximum absolute atomic E-state index is 10.4. The number of benzene rings is 1. The summed E-state index contributed by atoms with van der Waals surface area (Å²) in [5.41, 5.74) is 4.08. The van der Waals surface area contributed by atoms with Crippen LogP contribution in [0.15, 0.2) is 18.5 Å². The van der Waals surface area contributed by atoms with Gasteiger partial charge in [0.2, 0.25) is 0 Å². The van der Waals surface area contributed by atoms with E-state index in [0.29, 0.717) is 6.42 Å². The molecule has 2 N–H and O–H groups in total. The second-order valence-electron chi connectivity index (χ2n) is 6.07. The van der Waals surface area contributed by atoms with Crippen molar-refractivity contribution in [3.63, 3.8) is 0 Å². The van der Waals surface area contributed by atoms with E-state index in [0.717, 1.165) is 22.2 Å². The molecule has 1 aromatic carbocycles. The Labute approximate surface area is 142 Å². The Morgan fingerprint density at radius 1 is 1.42 bits per heavy atom. The Kier molecular flexibility index (Phi) is 4.98. The minimum absolute atomic E-state index is 0.0486. The molecule has 0 saturated carbocycles. The highest BCUT2D eigenvalue weighted by atomic mass is 31.2. The minimum Gasteiger partial charge on any atom is -0.388 e. The van der Waals surface area contributed by atoms with Crippen LogP contribution in [0.1, 0.15) is 23.8 Å². The van der Waals surface area contributed by atoms with Crippen molar-refractivity contribution in [1.29, 1.82) is 0 Å². The fourth-order valence-electron chi connectivity index (χ4n) is 2.82. The smallest absolute Gasteiger partial charge is 0.388 e. The van der Waals surface area contributed by atoms with Gasteiger partial charge in [0.1, 0.15) is 12.7 Å². The molecule has 24 heavy (non-hydrogen) atoms. The van der Waals surface area contributed by atoms with Crippen LogP contribution in [-0.2, 0) is 13.8 Å². The molecule has 3 rings (SSSR count). The Morgan fingerprint density at radius 2 is 2.12 bits per heavy atom. The first-order valence-corrected chi connectivity index (χ1v) is 9.33.